The van der Waals surface area contributed by atoms with E-state index in [-0.39, 0.29) is 11.2 Å². The van der Waals surface area contributed by atoms with Crippen molar-refractivity contribution in [3.8, 4) is 11.9 Å². The topological polar surface area (TPSA) is 68.0 Å². The molecule has 0 aromatic carbocycles. The molecule has 6 heteroatoms. The van der Waals surface area contributed by atoms with Crippen LogP contribution in [0.2, 0.25) is 5.28 Å². The maximum atomic E-state index is 8.82. The summed E-state index contributed by atoms with van der Waals surface area (Å²) in [5, 5.41) is 8.90. The minimum absolute atomic E-state index is 0.0803. The highest BCUT2D eigenvalue weighted by Crippen LogP contribution is 2.18. The summed E-state index contributed by atoms with van der Waals surface area (Å²) < 4.78 is 10.7. The molecule has 1 aliphatic rings. The van der Waals surface area contributed by atoms with Crippen molar-refractivity contribution in [1.82, 2.24) is 9.97 Å². The molecule has 2 heterocycles. The van der Waals surface area contributed by atoms with Gasteiger partial charge in [0.25, 0.3) is 0 Å². The van der Waals surface area contributed by atoms with Gasteiger partial charge in [-0.15, -0.1) is 0 Å². The average Bonchev–Trinajstić information content (AvgIpc) is 2.79. The molecule has 0 spiro atoms. The Hall–Kier alpha value is -1.38. The van der Waals surface area contributed by atoms with Gasteiger partial charge < -0.3 is 9.47 Å². The van der Waals surface area contributed by atoms with Gasteiger partial charge in [0.05, 0.1) is 19.4 Å². The van der Waals surface area contributed by atoms with Crippen LogP contribution in [-0.2, 0) is 4.74 Å². The number of ether oxygens (including phenoxy) is 2. The first-order valence-electron chi connectivity index (χ1n) is 4.93. The number of rotatable bonds is 3. The van der Waals surface area contributed by atoms with Gasteiger partial charge in [-0.2, -0.15) is 10.2 Å². The largest absolute Gasteiger partial charge is 0.476 e. The third-order valence-electron chi connectivity index (χ3n) is 2.32. The first-order chi connectivity index (χ1) is 7.79. The van der Waals surface area contributed by atoms with E-state index in [0.717, 1.165) is 13.0 Å². The van der Waals surface area contributed by atoms with E-state index in [4.69, 9.17) is 26.3 Å². The highest BCUT2D eigenvalue weighted by atomic mass is 35.5. The van der Waals surface area contributed by atoms with Crippen LogP contribution in [0.1, 0.15) is 12.0 Å². The van der Waals surface area contributed by atoms with Gasteiger partial charge >= 0.3 is 0 Å². The fraction of sp³-hybridized carbons (Fsp3) is 0.500. The summed E-state index contributed by atoms with van der Waals surface area (Å²) in [6.07, 6.45) is 2.33. The van der Waals surface area contributed by atoms with Crippen molar-refractivity contribution in [3.05, 3.63) is 17.0 Å². The van der Waals surface area contributed by atoms with Gasteiger partial charge in [-0.25, -0.2) is 4.98 Å². The van der Waals surface area contributed by atoms with Crippen molar-refractivity contribution < 1.29 is 9.47 Å². The van der Waals surface area contributed by atoms with Gasteiger partial charge in [-0.3, -0.25) is 0 Å². The molecule has 1 aromatic rings. The summed E-state index contributed by atoms with van der Waals surface area (Å²) in [4.78, 5) is 7.59. The fourth-order valence-corrected chi connectivity index (χ4v) is 1.57. The molecular weight excluding hydrogens is 230 g/mol. The van der Waals surface area contributed by atoms with Gasteiger partial charge in [0.2, 0.25) is 11.2 Å². The summed E-state index contributed by atoms with van der Waals surface area (Å²) in [7, 11) is 0. The minimum atomic E-state index is 0.0803. The summed E-state index contributed by atoms with van der Waals surface area (Å²) in [5.41, 5.74) is 0.295. The molecule has 84 valence electrons. The molecule has 0 N–H and O–H groups in total. The molecule has 1 fully saturated rings. The molecule has 1 aromatic heterocycles. The zero-order valence-electron chi connectivity index (χ0n) is 8.52. The zero-order valence-corrected chi connectivity index (χ0v) is 9.28. The van der Waals surface area contributed by atoms with Gasteiger partial charge in [0.15, 0.2) is 0 Å². The van der Waals surface area contributed by atoms with Crippen LogP contribution in [-0.4, -0.2) is 29.8 Å². The second-order valence-corrected chi connectivity index (χ2v) is 3.85. The minimum Gasteiger partial charge on any atom is -0.476 e. The molecule has 5 nitrogen and oxygen atoms in total. The van der Waals surface area contributed by atoms with Crippen molar-refractivity contribution in [2.45, 2.75) is 6.42 Å². The lowest BCUT2D eigenvalue weighted by molar-refractivity contribution is 0.165. The molecule has 2 rings (SSSR count). The Balaban J connectivity index is 2.02. The van der Waals surface area contributed by atoms with Gasteiger partial charge in [0, 0.05) is 12.5 Å². The van der Waals surface area contributed by atoms with E-state index in [0.29, 0.717) is 24.7 Å². The Bertz CT molecular complexity index is 413. The lowest BCUT2D eigenvalue weighted by atomic mass is 10.1. The van der Waals surface area contributed by atoms with Gasteiger partial charge in [-0.05, 0) is 18.0 Å². The lowest BCUT2D eigenvalue weighted by Crippen LogP contribution is -2.13. The van der Waals surface area contributed by atoms with Crippen molar-refractivity contribution in [2.24, 2.45) is 5.92 Å². The van der Waals surface area contributed by atoms with Crippen LogP contribution < -0.4 is 4.74 Å². The third-order valence-corrected chi connectivity index (χ3v) is 2.51. The normalized spacial score (nSPS) is 19.4. The molecule has 0 radical (unpaired) electrons. The van der Waals surface area contributed by atoms with Crippen LogP contribution in [0.3, 0.4) is 0 Å². The van der Waals surface area contributed by atoms with Gasteiger partial charge in [0.1, 0.15) is 11.6 Å². The van der Waals surface area contributed by atoms with E-state index in [1.54, 1.807) is 0 Å². The van der Waals surface area contributed by atoms with Crippen LogP contribution in [0.25, 0.3) is 0 Å². The third kappa shape index (κ3) is 2.60. The molecule has 0 aliphatic carbocycles. The molecule has 0 saturated carbocycles. The second-order valence-electron chi connectivity index (χ2n) is 3.51. The first kappa shape index (κ1) is 11.1. The molecule has 1 unspecified atom stereocenters. The van der Waals surface area contributed by atoms with Crippen molar-refractivity contribution >= 4 is 11.6 Å². The van der Waals surface area contributed by atoms with E-state index >= 15 is 0 Å². The highest BCUT2D eigenvalue weighted by molar-refractivity contribution is 6.28. The maximum absolute atomic E-state index is 8.82. The average molecular weight is 240 g/mol. The van der Waals surface area contributed by atoms with Gasteiger partial charge in [-0.1, -0.05) is 0 Å². The van der Waals surface area contributed by atoms with E-state index in [1.165, 1.54) is 6.20 Å². The Morgan fingerprint density at radius 3 is 3.25 bits per heavy atom. The quantitative estimate of drug-likeness (QED) is 0.746. The van der Waals surface area contributed by atoms with Crippen LogP contribution in [0.5, 0.6) is 5.88 Å². The predicted molar refractivity (Wildman–Crippen MR) is 56.2 cm³/mol. The second kappa shape index (κ2) is 5.10. The summed E-state index contributed by atoms with van der Waals surface area (Å²) >= 11 is 5.63. The number of hydrogen-bond acceptors (Lipinski definition) is 5. The molecule has 1 saturated heterocycles. The summed E-state index contributed by atoms with van der Waals surface area (Å²) in [6.45, 7) is 1.95. The van der Waals surface area contributed by atoms with E-state index in [9.17, 15) is 0 Å². The van der Waals surface area contributed by atoms with Crippen molar-refractivity contribution in [2.75, 3.05) is 19.8 Å². The standard InChI is InChI=1S/C10H10ClN3O2/c11-10-13-4-8(3-12)9(14-10)16-6-7-1-2-15-5-7/h4,7H,1-2,5-6H2. The summed E-state index contributed by atoms with van der Waals surface area (Å²) in [5.74, 6) is 0.606. The molecule has 1 aliphatic heterocycles. The first-order valence-corrected chi connectivity index (χ1v) is 5.30. The molecular formula is C10H10ClN3O2. The monoisotopic (exact) mass is 239 g/mol. The maximum Gasteiger partial charge on any atom is 0.236 e. The van der Waals surface area contributed by atoms with Crippen molar-refractivity contribution in [1.29, 1.82) is 5.26 Å². The van der Waals surface area contributed by atoms with E-state index in [1.807, 2.05) is 6.07 Å². The number of hydrogen-bond donors (Lipinski definition) is 0. The molecule has 0 amide bonds. The SMILES string of the molecule is N#Cc1cnc(Cl)nc1OCC1CCOC1. The Labute approximate surface area is 98.0 Å². The molecule has 1 atom stereocenters. The molecule has 0 bridgehead atoms. The van der Waals surface area contributed by atoms with E-state index < -0.39 is 0 Å². The lowest BCUT2D eigenvalue weighted by Gasteiger charge is -2.10. The van der Waals surface area contributed by atoms with Crippen LogP contribution >= 0.6 is 11.6 Å². The summed E-state index contributed by atoms with van der Waals surface area (Å²) in [6, 6.07) is 1.96. The van der Waals surface area contributed by atoms with Crippen LogP contribution in [0.4, 0.5) is 0 Å². The molecule has 16 heavy (non-hydrogen) atoms. The van der Waals surface area contributed by atoms with Crippen LogP contribution in [0, 0.1) is 17.2 Å². The fourth-order valence-electron chi connectivity index (χ4n) is 1.44. The Morgan fingerprint density at radius 2 is 2.56 bits per heavy atom. The number of nitriles is 1. The predicted octanol–water partition coefficient (Wildman–Crippen LogP) is 1.42. The van der Waals surface area contributed by atoms with Crippen molar-refractivity contribution in [3.63, 3.8) is 0 Å². The Kier molecular flexibility index (Phi) is 3.54. The number of halogens is 1. The Morgan fingerprint density at radius 1 is 1.69 bits per heavy atom. The zero-order chi connectivity index (χ0) is 11.4. The number of aromatic nitrogens is 2. The highest BCUT2D eigenvalue weighted by Gasteiger charge is 2.17. The van der Waals surface area contributed by atoms with Crippen LogP contribution in [0.15, 0.2) is 6.20 Å². The smallest absolute Gasteiger partial charge is 0.236 e. The van der Waals surface area contributed by atoms with E-state index in [2.05, 4.69) is 9.97 Å². The number of nitrogens with zero attached hydrogens (tertiary/aromatic N) is 3.